The van der Waals surface area contributed by atoms with Crippen LogP contribution in [-0.4, -0.2) is 77.5 Å². The number of allylic oxidation sites excluding steroid dienone is 3. The molecule has 0 bridgehead atoms. The van der Waals surface area contributed by atoms with E-state index in [0.29, 0.717) is 32.6 Å². The van der Waals surface area contributed by atoms with Crippen LogP contribution < -0.4 is 5.73 Å². The molecule has 2 aliphatic heterocycles. The quantitative estimate of drug-likeness (QED) is 0.359. The first-order chi connectivity index (χ1) is 21.2. The van der Waals surface area contributed by atoms with Crippen molar-refractivity contribution in [3.05, 3.63) is 94.6 Å². The van der Waals surface area contributed by atoms with Gasteiger partial charge in [-0.15, -0.1) is 12.8 Å². The molecule has 4 rings (SSSR count). The fraction of sp³-hybridized carbons (Fsp3) is 0.382. The number of carbonyl (C=O) groups excluding carboxylic acids is 3. The van der Waals surface area contributed by atoms with Crippen molar-refractivity contribution in [2.75, 3.05) is 32.8 Å². The highest BCUT2D eigenvalue weighted by Gasteiger charge is 2.38. The molecular weight excluding hydrogens is 566 g/mol. The van der Waals surface area contributed by atoms with E-state index in [4.69, 9.17) is 10.5 Å². The van der Waals surface area contributed by atoms with Gasteiger partial charge in [-0.3, -0.25) is 9.59 Å². The summed E-state index contributed by atoms with van der Waals surface area (Å²) in [4.78, 5) is 44.7. The van der Waals surface area contributed by atoms with Crippen LogP contribution in [0, 0.1) is 24.5 Å². The molecule has 0 spiro atoms. The van der Waals surface area contributed by atoms with Gasteiger partial charge < -0.3 is 25.2 Å². The van der Waals surface area contributed by atoms with E-state index in [1.54, 1.807) is 14.7 Å². The van der Waals surface area contributed by atoms with Gasteiger partial charge in [0.05, 0.1) is 0 Å². The highest BCUT2D eigenvalue weighted by Crippen LogP contribution is 2.26. The maximum Gasteiger partial charge on any atom is 0.410 e. The molecule has 2 heterocycles. The number of rotatable bonds is 8. The Hall–Kier alpha value is -4.49. The molecule has 1 unspecified atom stereocenters. The minimum absolute atomic E-state index is 0.0128. The molecule has 0 radical (unpaired) electrons. The summed E-state index contributed by atoms with van der Waals surface area (Å²) in [6.45, 7) is 5.51. The van der Waals surface area contributed by atoms with Gasteiger partial charge >= 0.3 is 6.09 Å². The van der Waals surface area contributed by atoms with Crippen LogP contribution in [0.2, 0.25) is 0 Å². The number of fused-ring (bicyclic) bond motifs is 1. The summed E-state index contributed by atoms with van der Waals surface area (Å²) in [5, 5.41) is 0. The van der Waals surface area contributed by atoms with Gasteiger partial charge in [-0.2, -0.15) is 0 Å². The van der Waals surface area contributed by atoms with Gasteiger partial charge in [0.25, 0.3) is 0 Å². The molecule has 2 atom stereocenters. The molecule has 2 aromatic carbocycles. The van der Waals surface area contributed by atoms with E-state index in [1.807, 2.05) is 56.3 Å². The van der Waals surface area contributed by atoms with Crippen molar-refractivity contribution in [1.29, 1.82) is 0 Å². The van der Waals surface area contributed by atoms with E-state index < -0.39 is 29.8 Å². The third-order valence-corrected chi connectivity index (χ3v) is 7.63. The second kappa shape index (κ2) is 16.4. The molecule has 1 saturated heterocycles. The predicted octanol–water partition coefficient (Wildman–Crippen LogP) is 4.23. The summed E-state index contributed by atoms with van der Waals surface area (Å²) < 4.78 is 33.2. The number of piperazine rings is 1. The third-order valence-electron chi connectivity index (χ3n) is 7.63. The van der Waals surface area contributed by atoms with Gasteiger partial charge in [0.1, 0.15) is 24.3 Å². The Balaban J connectivity index is 0.00000259. The summed E-state index contributed by atoms with van der Waals surface area (Å²) >= 11 is 0. The SMILES string of the molecule is C#C.C/C=C\C=C(/C)COC(=O)N1CCN(C(=O)C2Cc3ccccc3CN2C(=O)C[C@H](N)Cc2cc(F)ccc2F)CC1. The Bertz CT molecular complexity index is 1400. The Labute approximate surface area is 258 Å². The lowest BCUT2D eigenvalue weighted by atomic mass is 9.92. The Morgan fingerprint density at radius 1 is 1.05 bits per heavy atom. The van der Waals surface area contributed by atoms with Crippen molar-refractivity contribution < 1.29 is 27.9 Å². The maximum atomic E-state index is 14.2. The second-order valence-electron chi connectivity index (χ2n) is 10.8. The van der Waals surface area contributed by atoms with Crippen LogP contribution in [-0.2, 0) is 33.7 Å². The van der Waals surface area contributed by atoms with E-state index in [0.717, 1.165) is 34.9 Å². The molecule has 0 saturated carbocycles. The van der Waals surface area contributed by atoms with E-state index in [-0.39, 0.29) is 43.4 Å². The van der Waals surface area contributed by atoms with Gasteiger partial charge in [-0.1, -0.05) is 42.5 Å². The topological polar surface area (TPSA) is 96.2 Å². The minimum atomic E-state index is -0.757. The number of nitrogens with zero attached hydrogens (tertiary/aromatic N) is 3. The van der Waals surface area contributed by atoms with Crippen LogP contribution in [0.1, 0.15) is 37.0 Å². The number of hydrogen-bond acceptors (Lipinski definition) is 5. The standard InChI is InChI=1S/C32H38F2N4O4.C2H2/c1-3-4-7-22(2)21-42-32(41)37-14-12-36(13-15-37)31(40)29-18-23-8-5-6-9-24(23)20-38(29)30(39)19-27(35)17-25-16-26(33)10-11-28(25)34;1-2/h3-11,16,27,29H,12-15,17-21,35H2,1-2H3;1-2H/b4-3-,22-7+;/t27-,29?;/m1./s1. The predicted molar refractivity (Wildman–Crippen MR) is 165 cm³/mol. The number of hydrogen-bond donors (Lipinski definition) is 1. The molecule has 0 aliphatic carbocycles. The zero-order chi connectivity index (χ0) is 32.2. The molecule has 2 aliphatic rings. The molecule has 2 N–H and O–H groups in total. The number of carbonyl (C=O) groups is 3. The zero-order valence-electron chi connectivity index (χ0n) is 25.3. The van der Waals surface area contributed by atoms with Crippen LogP contribution in [0.3, 0.4) is 0 Å². The highest BCUT2D eigenvalue weighted by molar-refractivity contribution is 5.89. The number of halogens is 2. The normalized spacial score (nSPS) is 17.4. The molecule has 0 aromatic heterocycles. The van der Waals surface area contributed by atoms with Gasteiger partial charge in [0.2, 0.25) is 11.8 Å². The number of terminal acetylenes is 1. The Kier molecular flexibility index (Phi) is 12.7. The van der Waals surface area contributed by atoms with Crippen LogP contribution in [0.25, 0.3) is 0 Å². The van der Waals surface area contributed by atoms with E-state index in [9.17, 15) is 23.2 Å². The zero-order valence-corrected chi connectivity index (χ0v) is 25.3. The Morgan fingerprint density at radius 2 is 1.70 bits per heavy atom. The van der Waals surface area contributed by atoms with E-state index in [2.05, 4.69) is 12.8 Å². The average Bonchev–Trinajstić information content (AvgIpc) is 3.04. The second-order valence-corrected chi connectivity index (χ2v) is 10.8. The molecule has 2 aromatic rings. The number of amides is 3. The number of benzene rings is 2. The van der Waals surface area contributed by atoms with Crippen molar-refractivity contribution in [3.63, 3.8) is 0 Å². The molecule has 234 valence electrons. The van der Waals surface area contributed by atoms with Crippen LogP contribution >= 0.6 is 0 Å². The van der Waals surface area contributed by atoms with E-state index >= 15 is 0 Å². The van der Waals surface area contributed by atoms with Crippen LogP contribution in [0.5, 0.6) is 0 Å². The monoisotopic (exact) mass is 606 g/mol. The summed E-state index contributed by atoms with van der Waals surface area (Å²) in [6, 6.07) is 9.34. The largest absolute Gasteiger partial charge is 0.445 e. The number of ether oxygens (including phenoxy) is 1. The molecule has 44 heavy (non-hydrogen) atoms. The van der Waals surface area contributed by atoms with Crippen molar-refractivity contribution in [1.82, 2.24) is 14.7 Å². The van der Waals surface area contributed by atoms with Crippen molar-refractivity contribution in [3.8, 4) is 12.8 Å². The first-order valence-corrected chi connectivity index (χ1v) is 14.5. The Morgan fingerprint density at radius 3 is 2.39 bits per heavy atom. The van der Waals surface area contributed by atoms with Gasteiger partial charge in [-0.05, 0) is 60.7 Å². The third kappa shape index (κ3) is 9.01. The van der Waals surface area contributed by atoms with E-state index in [1.165, 1.54) is 0 Å². The molecule has 1 fully saturated rings. The minimum Gasteiger partial charge on any atom is -0.445 e. The molecule has 8 nitrogen and oxygen atoms in total. The van der Waals surface area contributed by atoms with Crippen molar-refractivity contribution in [2.45, 2.75) is 51.7 Å². The van der Waals surface area contributed by atoms with Crippen molar-refractivity contribution in [2.24, 2.45) is 5.73 Å². The molecule has 10 heteroatoms. The van der Waals surface area contributed by atoms with Gasteiger partial charge in [0.15, 0.2) is 0 Å². The van der Waals surface area contributed by atoms with Crippen molar-refractivity contribution >= 4 is 17.9 Å². The summed E-state index contributed by atoms with van der Waals surface area (Å²) in [6.07, 6.45) is 13.4. The smallest absolute Gasteiger partial charge is 0.410 e. The lowest BCUT2D eigenvalue weighted by Crippen LogP contribution is -2.58. The van der Waals surface area contributed by atoms with Gasteiger partial charge in [-0.25, -0.2) is 13.6 Å². The maximum absolute atomic E-state index is 14.2. The van der Waals surface area contributed by atoms with Gasteiger partial charge in [0, 0.05) is 51.6 Å². The van der Waals surface area contributed by atoms with Crippen LogP contribution in [0.4, 0.5) is 13.6 Å². The highest BCUT2D eigenvalue weighted by atomic mass is 19.1. The lowest BCUT2D eigenvalue weighted by Gasteiger charge is -2.41. The fourth-order valence-corrected chi connectivity index (χ4v) is 5.30. The fourth-order valence-electron chi connectivity index (χ4n) is 5.30. The first-order valence-electron chi connectivity index (χ1n) is 14.5. The lowest BCUT2D eigenvalue weighted by molar-refractivity contribution is -0.148. The summed E-state index contributed by atoms with van der Waals surface area (Å²) in [7, 11) is 0. The average molecular weight is 607 g/mol. The summed E-state index contributed by atoms with van der Waals surface area (Å²) in [5.74, 6) is -1.67. The van der Waals surface area contributed by atoms with Crippen LogP contribution in [0.15, 0.2) is 66.3 Å². The number of nitrogens with two attached hydrogens (primary N) is 1. The molecular formula is C34H40F2N4O4. The first kappa shape index (κ1) is 34.0. The molecule has 3 amide bonds. The summed E-state index contributed by atoms with van der Waals surface area (Å²) in [5.41, 5.74) is 9.18.